The summed E-state index contributed by atoms with van der Waals surface area (Å²) in [5, 5.41) is 0. The van der Waals surface area contributed by atoms with E-state index in [0.29, 0.717) is 0 Å². The van der Waals surface area contributed by atoms with E-state index in [9.17, 15) is 0 Å². The predicted octanol–water partition coefficient (Wildman–Crippen LogP) is 4.36. The molecule has 0 aromatic heterocycles. The number of rotatable bonds is 13. The average molecular weight is 256 g/mol. The van der Waals surface area contributed by atoms with Gasteiger partial charge in [0.1, 0.15) is 0 Å². The van der Waals surface area contributed by atoms with Crippen LogP contribution < -0.4 is 11.5 Å². The van der Waals surface area contributed by atoms with E-state index in [0.717, 1.165) is 13.0 Å². The quantitative estimate of drug-likeness (QED) is 0.481. The molecule has 0 aromatic carbocycles. The lowest BCUT2D eigenvalue weighted by atomic mass is 9.83. The van der Waals surface area contributed by atoms with Crippen LogP contribution in [0.2, 0.25) is 0 Å². The first-order chi connectivity index (χ1) is 8.68. The zero-order valence-corrected chi connectivity index (χ0v) is 12.8. The molecule has 0 unspecified atom stereocenters. The fourth-order valence-electron chi connectivity index (χ4n) is 2.63. The molecule has 2 heteroatoms. The van der Waals surface area contributed by atoms with Crippen LogP contribution in [0.3, 0.4) is 0 Å². The van der Waals surface area contributed by atoms with Gasteiger partial charge in [-0.25, -0.2) is 0 Å². The van der Waals surface area contributed by atoms with Gasteiger partial charge in [-0.1, -0.05) is 65.2 Å². The van der Waals surface area contributed by atoms with Gasteiger partial charge in [-0.05, 0) is 32.2 Å². The molecule has 110 valence electrons. The van der Waals surface area contributed by atoms with Gasteiger partial charge in [-0.15, -0.1) is 0 Å². The van der Waals surface area contributed by atoms with Crippen molar-refractivity contribution in [2.24, 2.45) is 11.5 Å². The number of hydrogen-bond acceptors (Lipinski definition) is 2. The summed E-state index contributed by atoms with van der Waals surface area (Å²) < 4.78 is 0. The lowest BCUT2D eigenvalue weighted by Crippen LogP contribution is -2.39. The summed E-state index contributed by atoms with van der Waals surface area (Å²) in [5.41, 5.74) is 12.3. The Morgan fingerprint density at radius 3 is 1.50 bits per heavy atom. The third-order valence-electron chi connectivity index (χ3n) is 3.94. The molecular weight excluding hydrogens is 220 g/mol. The van der Waals surface area contributed by atoms with Gasteiger partial charge < -0.3 is 11.5 Å². The van der Waals surface area contributed by atoms with Crippen molar-refractivity contribution in [3.63, 3.8) is 0 Å². The zero-order chi connectivity index (χ0) is 13.7. The van der Waals surface area contributed by atoms with Crippen LogP contribution in [0.4, 0.5) is 0 Å². The third-order valence-corrected chi connectivity index (χ3v) is 3.94. The van der Waals surface area contributed by atoms with E-state index < -0.39 is 0 Å². The molecular formula is C16H36N2. The van der Waals surface area contributed by atoms with E-state index >= 15 is 0 Å². The average Bonchev–Trinajstić information content (AvgIpc) is 2.36. The molecule has 0 aliphatic carbocycles. The van der Waals surface area contributed by atoms with Crippen molar-refractivity contribution in [2.45, 2.75) is 96.4 Å². The highest BCUT2D eigenvalue weighted by Crippen LogP contribution is 2.25. The van der Waals surface area contributed by atoms with Gasteiger partial charge in [0.2, 0.25) is 0 Å². The number of hydrogen-bond donors (Lipinski definition) is 2. The molecule has 0 aromatic rings. The highest BCUT2D eigenvalue weighted by Gasteiger charge is 2.22. The van der Waals surface area contributed by atoms with Gasteiger partial charge in [0.05, 0.1) is 0 Å². The van der Waals surface area contributed by atoms with Crippen molar-refractivity contribution < 1.29 is 0 Å². The molecule has 0 saturated heterocycles. The maximum Gasteiger partial charge on any atom is 0.0154 e. The van der Waals surface area contributed by atoms with E-state index in [1.54, 1.807) is 0 Å². The first kappa shape index (κ1) is 17.9. The molecule has 0 rings (SSSR count). The van der Waals surface area contributed by atoms with Crippen molar-refractivity contribution >= 4 is 0 Å². The zero-order valence-electron chi connectivity index (χ0n) is 12.8. The van der Waals surface area contributed by atoms with Gasteiger partial charge in [-0.3, -0.25) is 0 Å². The van der Waals surface area contributed by atoms with Crippen LogP contribution in [-0.2, 0) is 0 Å². The van der Waals surface area contributed by atoms with Crippen molar-refractivity contribution in [1.82, 2.24) is 0 Å². The predicted molar refractivity (Wildman–Crippen MR) is 82.7 cm³/mol. The Morgan fingerprint density at radius 2 is 1.11 bits per heavy atom. The second kappa shape index (κ2) is 12.0. The van der Waals surface area contributed by atoms with Crippen molar-refractivity contribution in [2.75, 3.05) is 6.54 Å². The molecule has 0 fully saturated rings. The van der Waals surface area contributed by atoms with Crippen LogP contribution in [0, 0.1) is 0 Å². The molecule has 0 radical (unpaired) electrons. The van der Waals surface area contributed by atoms with Crippen LogP contribution in [0.25, 0.3) is 0 Å². The van der Waals surface area contributed by atoms with Crippen LogP contribution in [0.15, 0.2) is 0 Å². The van der Waals surface area contributed by atoms with Crippen LogP contribution in [0.1, 0.15) is 90.9 Å². The maximum atomic E-state index is 6.63. The number of nitrogens with two attached hydrogens (primary N) is 2. The molecule has 18 heavy (non-hydrogen) atoms. The molecule has 0 spiro atoms. The molecule has 0 aliphatic rings. The Hall–Kier alpha value is -0.0800. The Bertz CT molecular complexity index is 158. The normalized spacial score (nSPS) is 12.0. The van der Waals surface area contributed by atoms with E-state index in [4.69, 9.17) is 11.5 Å². The molecule has 0 atom stereocenters. The summed E-state index contributed by atoms with van der Waals surface area (Å²) >= 11 is 0. The van der Waals surface area contributed by atoms with Gasteiger partial charge >= 0.3 is 0 Å². The van der Waals surface area contributed by atoms with E-state index in [-0.39, 0.29) is 5.54 Å². The lowest BCUT2D eigenvalue weighted by molar-refractivity contribution is 0.306. The Kier molecular flexibility index (Phi) is 11.9. The maximum absolute atomic E-state index is 6.63. The second-order valence-corrected chi connectivity index (χ2v) is 5.88. The van der Waals surface area contributed by atoms with Crippen LogP contribution >= 0.6 is 0 Å². The van der Waals surface area contributed by atoms with E-state index in [2.05, 4.69) is 13.8 Å². The molecule has 2 nitrogen and oxygen atoms in total. The minimum atomic E-state index is 0.110. The van der Waals surface area contributed by atoms with Crippen molar-refractivity contribution in [3.05, 3.63) is 0 Å². The van der Waals surface area contributed by atoms with Gasteiger partial charge in [0.25, 0.3) is 0 Å². The lowest BCUT2D eigenvalue weighted by Gasteiger charge is -2.30. The molecule has 0 aliphatic heterocycles. The fraction of sp³-hybridized carbons (Fsp3) is 1.00. The smallest absolute Gasteiger partial charge is 0.0154 e. The summed E-state index contributed by atoms with van der Waals surface area (Å²) in [6.07, 6.45) is 15.1. The minimum absolute atomic E-state index is 0.110. The largest absolute Gasteiger partial charge is 0.330 e. The molecule has 4 N–H and O–H groups in total. The van der Waals surface area contributed by atoms with E-state index in [1.807, 2.05) is 0 Å². The Labute approximate surface area is 115 Å². The van der Waals surface area contributed by atoms with Gasteiger partial charge in [-0.2, -0.15) is 0 Å². The fourth-order valence-corrected chi connectivity index (χ4v) is 2.63. The molecule has 0 heterocycles. The summed E-state index contributed by atoms with van der Waals surface area (Å²) in [6.45, 7) is 5.34. The summed E-state index contributed by atoms with van der Waals surface area (Å²) in [7, 11) is 0. The van der Waals surface area contributed by atoms with Crippen molar-refractivity contribution in [1.29, 1.82) is 0 Å². The molecule has 0 bridgehead atoms. The summed E-state index contributed by atoms with van der Waals surface area (Å²) in [4.78, 5) is 0. The second-order valence-electron chi connectivity index (χ2n) is 5.88. The molecule has 0 amide bonds. The highest BCUT2D eigenvalue weighted by molar-refractivity contribution is 4.83. The minimum Gasteiger partial charge on any atom is -0.330 e. The first-order valence-corrected chi connectivity index (χ1v) is 8.17. The van der Waals surface area contributed by atoms with Gasteiger partial charge in [0.15, 0.2) is 0 Å². The standard InChI is InChI=1S/C16H36N2/c1-3-5-8-12-16(18,13-9-6-4-2)14-10-7-11-15-17/h3-15,17-18H2,1-2H3. The Balaban J connectivity index is 3.95. The van der Waals surface area contributed by atoms with Crippen molar-refractivity contribution in [3.8, 4) is 0 Å². The van der Waals surface area contributed by atoms with Gasteiger partial charge in [0, 0.05) is 5.54 Å². The Morgan fingerprint density at radius 1 is 0.667 bits per heavy atom. The highest BCUT2D eigenvalue weighted by atomic mass is 14.7. The first-order valence-electron chi connectivity index (χ1n) is 8.17. The van der Waals surface area contributed by atoms with Crippen LogP contribution in [-0.4, -0.2) is 12.1 Å². The summed E-state index contributed by atoms with van der Waals surface area (Å²) in [6, 6.07) is 0. The number of unbranched alkanes of at least 4 members (excludes halogenated alkanes) is 6. The third kappa shape index (κ3) is 9.90. The SMILES string of the molecule is CCCCCC(N)(CCCCC)CCCCCN. The van der Waals surface area contributed by atoms with Crippen LogP contribution in [0.5, 0.6) is 0 Å². The van der Waals surface area contributed by atoms with E-state index in [1.165, 1.54) is 70.6 Å². The monoisotopic (exact) mass is 256 g/mol. The topological polar surface area (TPSA) is 52.0 Å². The summed E-state index contributed by atoms with van der Waals surface area (Å²) in [5.74, 6) is 0. The molecule has 0 saturated carbocycles.